The number of hydrogen-bond donors (Lipinski definition) is 1. The quantitative estimate of drug-likeness (QED) is 0.926. The second-order valence-corrected chi connectivity index (χ2v) is 8.34. The fraction of sp³-hybridized carbons (Fsp3) is 0.550. The molecule has 6 rings (SSSR count). The lowest BCUT2D eigenvalue weighted by Crippen LogP contribution is -2.59. The maximum atomic E-state index is 13.1. The Morgan fingerprint density at radius 3 is 2.44 bits per heavy atom. The highest BCUT2D eigenvalue weighted by Gasteiger charge is 2.51. The maximum Gasteiger partial charge on any atom is 0.291 e. The van der Waals surface area contributed by atoms with Crippen molar-refractivity contribution >= 4 is 5.91 Å². The number of carbonyl (C=O) groups excluding carboxylic acids is 1. The molecule has 4 saturated carbocycles. The Bertz CT molecular complexity index is 776. The zero-order chi connectivity index (χ0) is 17.0. The second-order valence-electron chi connectivity index (χ2n) is 8.34. The summed E-state index contributed by atoms with van der Waals surface area (Å²) < 4.78 is 5.42. The van der Waals surface area contributed by atoms with Crippen molar-refractivity contribution in [3.63, 3.8) is 0 Å². The molecule has 130 valence electrons. The molecule has 2 heterocycles. The van der Waals surface area contributed by atoms with E-state index in [1.165, 1.54) is 19.3 Å². The van der Waals surface area contributed by atoms with Gasteiger partial charge in [-0.25, -0.2) is 0 Å². The molecule has 1 N–H and O–H groups in total. The summed E-state index contributed by atoms with van der Waals surface area (Å²) in [6.45, 7) is 1.86. The average Bonchev–Trinajstić information content (AvgIpc) is 2.96. The van der Waals surface area contributed by atoms with Crippen LogP contribution in [0.15, 0.2) is 28.9 Å². The normalized spacial score (nSPS) is 32.8. The zero-order valence-electron chi connectivity index (χ0n) is 14.5. The number of pyridine rings is 1. The highest BCUT2D eigenvalue weighted by molar-refractivity contribution is 5.98. The van der Waals surface area contributed by atoms with Gasteiger partial charge in [-0.05, 0) is 75.3 Å². The number of hydrogen-bond acceptors (Lipinski definition) is 4. The third-order valence-corrected chi connectivity index (χ3v) is 6.41. The summed E-state index contributed by atoms with van der Waals surface area (Å²) >= 11 is 0. The van der Waals surface area contributed by atoms with E-state index in [1.807, 2.05) is 25.1 Å². The highest BCUT2D eigenvalue weighted by atomic mass is 16.5. The smallest absolute Gasteiger partial charge is 0.291 e. The minimum absolute atomic E-state index is 0.0338. The molecule has 4 fully saturated rings. The van der Waals surface area contributed by atoms with E-state index < -0.39 is 0 Å². The Labute approximate surface area is 147 Å². The van der Waals surface area contributed by atoms with Crippen LogP contribution in [0.5, 0.6) is 0 Å². The topological polar surface area (TPSA) is 68.0 Å². The Kier molecular flexibility index (Phi) is 3.27. The van der Waals surface area contributed by atoms with Gasteiger partial charge in [-0.1, -0.05) is 11.2 Å². The van der Waals surface area contributed by atoms with E-state index in [9.17, 15) is 4.79 Å². The van der Waals surface area contributed by atoms with Crippen molar-refractivity contribution in [3.8, 4) is 11.3 Å². The molecule has 4 aliphatic carbocycles. The Balaban J connectivity index is 1.45. The molecule has 5 heteroatoms. The lowest BCUT2D eigenvalue weighted by atomic mass is 9.53. The first kappa shape index (κ1) is 15.1. The van der Waals surface area contributed by atoms with Crippen LogP contribution < -0.4 is 5.32 Å². The monoisotopic (exact) mass is 337 g/mol. The first-order valence-electron chi connectivity index (χ1n) is 9.32. The lowest BCUT2D eigenvalue weighted by molar-refractivity contribution is -0.0172. The number of carbonyl (C=O) groups is 1. The molecule has 0 unspecified atom stereocenters. The molecule has 0 spiro atoms. The molecule has 2 aromatic heterocycles. The van der Waals surface area contributed by atoms with Gasteiger partial charge in [0, 0.05) is 11.7 Å². The number of amides is 1. The minimum atomic E-state index is -0.136. The van der Waals surface area contributed by atoms with Crippen LogP contribution in [0.25, 0.3) is 11.3 Å². The first-order chi connectivity index (χ1) is 12.1. The van der Waals surface area contributed by atoms with Crippen LogP contribution in [-0.2, 0) is 0 Å². The molecule has 4 aliphatic rings. The van der Waals surface area contributed by atoms with Crippen LogP contribution in [0.4, 0.5) is 0 Å². The molecule has 0 atom stereocenters. The summed E-state index contributed by atoms with van der Waals surface area (Å²) in [6.07, 6.45) is 9.16. The standard InChI is InChI=1S/C20H23N3O2/c1-12-17(16-4-2-3-5-21-16)18(25-23-12)19(24)22-20-9-13-6-14(10-20)8-15(7-13)11-20/h2-5,13-15H,6-11H2,1H3,(H,22,24). The van der Waals surface area contributed by atoms with Crippen molar-refractivity contribution in [2.24, 2.45) is 17.8 Å². The summed E-state index contributed by atoms with van der Waals surface area (Å²) in [5.41, 5.74) is 2.11. The number of nitrogens with one attached hydrogen (secondary N) is 1. The van der Waals surface area contributed by atoms with Crippen molar-refractivity contribution in [2.75, 3.05) is 0 Å². The summed E-state index contributed by atoms with van der Waals surface area (Å²) in [4.78, 5) is 17.4. The Hall–Kier alpha value is -2.17. The van der Waals surface area contributed by atoms with Crippen molar-refractivity contribution in [1.82, 2.24) is 15.5 Å². The molecular weight excluding hydrogens is 314 g/mol. The molecule has 0 saturated heterocycles. The summed E-state index contributed by atoms with van der Waals surface area (Å²) in [7, 11) is 0. The third-order valence-electron chi connectivity index (χ3n) is 6.41. The number of aryl methyl sites for hydroxylation is 1. The molecule has 2 aromatic rings. The van der Waals surface area contributed by atoms with Gasteiger partial charge >= 0.3 is 0 Å². The Morgan fingerprint density at radius 1 is 1.16 bits per heavy atom. The maximum absolute atomic E-state index is 13.1. The van der Waals surface area contributed by atoms with Crippen LogP contribution in [-0.4, -0.2) is 21.6 Å². The van der Waals surface area contributed by atoms with Gasteiger partial charge in [0.2, 0.25) is 5.76 Å². The largest absolute Gasteiger partial charge is 0.350 e. The molecule has 0 aromatic carbocycles. The van der Waals surface area contributed by atoms with E-state index in [1.54, 1.807) is 6.20 Å². The minimum Gasteiger partial charge on any atom is -0.350 e. The molecule has 25 heavy (non-hydrogen) atoms. The van der Waals surface area contributed by atoms with Gasteiger partial charge < -0.3 is 9.84 Å². The van der Waals surface area contributed by atoms with E-state index in [4.69, 9.17) is 4.52 Å². The van der Waals surface area contributed by atoms with Gasteiger partial charge in [-0.15, -0.1) is 0 Å². The van der Waals surface area contributed by atoms with Gasteiger partial charge in [0.05, 0.1) is 17.0 Å². The zero-order valence-corrected chi connectivity index (χ0v) is 14.5. The lowest BCUT2D eigenvalue weighted by Gasteiger charge is -2.56. The van der Waals surface area contributed by atoms with Crippen LogP contribution in [0, 0.1) is 24.7 Å². The first-order valence-corrected chi connectivity index (χ1v) is 9.32. The fourth-order valence-electron chi connectivity index (χ4n) is 5.90. The van der Waals surface area contributed by atoms with Crippen LogP contribution in [0.1, 0.15) is 54.8 Å². The Morgan fingerprint density at radius 2 is 1.84 bits per heavy atom. The van der Waals surface area contributed by atoms with Crippen LogP contribution in [0.2, 0.25) is 0 Å². The second kappa shape index (κ2) is 5.41. The van der Waals surface area contributed by atoms with Gasteiger partial charge in [0.1, 0.15) is 0 Å². The van der Waals surface area contributed by atoms with E-state index in [0.717, 1.165) is 42.7 Å². The molecule has 0 radical (unpaired) electrons. The third kappa shape index (κ3) is 2.48. The van der Waals surface area contributed by atoms with Crippen LogP contribution >= 0.6 is 0 Å². The molecule has 4 bridgehead atoms. The summed E-state index contributed by atoms with van der Waals surface area (Å²) in [5, 5.41) is 7.40. The average molecular weight is 337 g/mol. The molecular formula is C20H23N3O2. The van der Waals surface area contributed by atoms with Crippen LogP contribution in [0.3, 0.4) is 0 Å². The van der Waals surface area contributed by atoms with E-state index in [0.29, 0.717) is 17.0 Å². The number of nitrogens with zero attached hydrogens (tertiary/aromatic N) is 2. The van der Waals surface area contributed by atoms with Gasteiger partial charge in [0.25, 0.3) is 5.91 Å². The predicted molar refractivity (Wildman–Crippen MR) is 92.8 cm³/mol. The van der Waals surface area contributed by atoms with E-state index in [2.05, 4.69) is 15.5 Å². The fourth-order valence-corrected chi connectivity index (χ4v) is 5.90. The number of rotatable bonds is 3. The van der Waals surface area contributed by atoms with E-state index >= 15 is 0 Å². The molecule has 1 amide bonds. The van der Waals surface area contributed by atoms with Crippen molar-refractivity contribution in [1.29, 1.82) is 0 Å². The summed E-state index contributed by atoms with van der Waals surface area (Å²) in [5.74, 6) is 2.53. The highest BCUT2D eigenvalue weighted by Crippen LogP contribution is 2.55. The molecule has 0 aliphatic heterocycles. The predicted octanol–water partition coefficient (Wildman–Crippen LogP) is 3.74. The van der Waals surface area contributed by atoms with E-state index in [-0.39, 0.29) is 11.4 Å². The van der Waals surface area contributed by atoms with Gasteiger partial charge in [-0.2, -0.15) is 0 Å². The molecule has 5 nitrogen and oxygen atoms in total. The van der Waals surface area contributed by atoms with Crippen molar-refractivity contribution < 1.29 is 9.32 Å². The van der Waals surface area contributed by atoms with Gasteiger partial charge in [-0.3, -0.25) is 9.78 Å². The SMILES string of the molecule is Cc1noc(C(=O)NC23CC4CC(CC(C4)C2)C3)c1-c1ccccn1. The van der Waals surface area contributed by atoms with Crippen molar-refractivity contribution in [2.45, 2.75) is 51.0 Å². The van der Waals surface area contributed by atoms with Crippen molar-refractivity contribution in [3.05, 3.63) is 35.9 Å². The summed E-state index contributed by atoms with van der Waals surface area (Å²) in [6, 6.07) is 5.66. The van der Waals surface area contributed by atoms with Gasteiger partial charge in [0.15, 0.2) is 0 Å². The number of aromatic nitrogens is 2.